The Morgan fingerprint density at radius 2 is 2.12 bits per heavy atom. The molecule has 5 heteroatoms. The van der Waals surface area contributed by atoms with Crippen molar-refractivity contribution in [2.75, 3.05) is 5.75 Å². The van der Waals surface area contributed by atoms with Crippen LogP contribution in [-0.4, -0.2) is 14.2 Å². The molecule has 0 atom stereocenters. The molecular formula is C11H11ClO3S. The van der Waals surface area contributed by atoms with Gasteiger partial charge in [0.2, 0.25) is 0 Å². The van der Waals surface area contributed by atoms with Gasteiger partial charge in [0, 0.05) is 16.7 Å². The normalized spacial score (nSPS) is 12.1. The Balaban J connectivity index is 2.51. The van der Waals surface area contributed by atoms with Gasteiger partial charge in [-0.1, -0.05) is 30.7 Å². The van der Waals surface area contributed by atoms with E-state index < -0.39 is 9.84 Å². The molecule has 2 aromatic rings. The molecule has 0 saturated carbocycles. The molecule has 0 amide bonds. The van der Waals surface area contributed by atoms with Gasteiger partial charge in [-0.05, 0) is 6.07 Å². The second-order valence-corrected chi connectivity index (χ2v) is 6.31. The molecule has 0 unspecified atom stereocenters. The lowest BCUT2D eigenvalue weighted by atomic mass is 10.2. The van der Waals surface area contributed by atoms with Gasteiger partial charge < -0.3 is 4.42 Å². The van der Waals surface area contributed by atoms with Gasteiger partial charge in [-0.2, -0.15) is 0 Å². The second kappa shape index (κ2) is 4.11. The smallest absolute Gasteiger partial charge is 0.154 e. The SMILES string of the molecule is CCS(=O)(=O)Cc1coc2c(Cl)cccc12. The summed E-state index contributed by atoms with van der Waals surface area (Å²) in [6, 6.07) is 5.30. The monoisotopic (exact) mass is 258 g/mol. The van der Waals surface area contributed by atoms with Gasteiger partial charge in [-0.25, -0.2) is 8.42 Å². The van der Waals surface area contributed by atoms with E-state index in [0.717, 1.165) is 5.39 Å². The van der Waals surface area contributed by atoms with E-state index in [4.69, 9.17) is 16.0 Å². The lowest BCUT2D eigenvalue weighted by Gasteiger charge is -1.98. The van der Waals surface area contributed by atoms with E-state index in [2.05, 4.69) is 0 Å². The van der Waals surface area contributed by atoms with Crippen molar-refractivity contribution < 1.29 is 12.8 Å². The summed E-state index contributed by atoms with van der Waals surface area (Å²) in [4.78, 5) is 0. The maximum absolute atomic E-state index is 11.5. The molecule has 2 rings (SSSR count). The van der Waals surface area contributed by atoms with E-state index in [1.165, 1.54) is 6.26 Å². The van der Waals surface area contributed by atoms with Crippen LogP contribution in [0.2, 0.25) is 5.02 Å². The van der Waals surface area contributed by atoms with Gasteiger partial charge in [0.05, 0.1) is 17.0 Å². The van der Waals surface area contributed by atoms with Crippen LogP contribution in [0.3, 0.4) is 0 Å². The van der Waals surface area contributed by atoms with E-state index in [0.29, 0.717) is 16.2 Å². The molecule has 0 fully saturated rings. The quantitative estimate of drug-likeness (QED) is 0.850. The number of para-hydroxylation sites is 1. The average molecular weight is 259 g/mol. The Labute approximate surface area is 98.9 Å². The van der Waals surface area contributed by atoms with Gasteiger partial charge in [-0.15, -0.1) is 0 Å². The minimum Gasteiger partial charge on any atom is -0.462 e. The summed E-state index contributed by atoms with van der Waals surface area (Å²) in [6.45, 7) is 1.63. The molecule has 0 aliphatic rings. The molecule has 1 aromatic carbocycles. The first-order valence-electron chi connectivity index (χ1n) is 4.88. The van der Waals surface area contributed by atoms with Crippen molar-refractivity contribution in [2.45, 2.75) is 12.7 Å². The van der Waals surface area contributed by atoms with Gasteiger partial charge >= 0.3 is 0 Å². The van der Waals surface area contributed by atoms with E-state index in [1.807, 2.05) is 6.07 Å². The minimum absolute atomic E-state index is 0.00313. The van der Waals surface area contributed by atoms with Crippen molar-refractivity contribution >= 4 is 32.4 Å². The van der Waals surface area contributed by atoms with Crippen LogP contribution in [0, 0.1) is 0 Å². The Kier molecular flexibility index (Phi) is 2.95. The number of halogens is 1. The maximum atomic E-state index is 11.5. The lowest BCUT2D eigenvalue weighted by Crippen LogP contribution is -2.05. The third-order valence-electron chi connectivity index (χ3n) is 2.45. The van der Waals surface area contributed by atoms with Crippen LogP contribution < -0.4 is 0 Å². The maximum Gasteiger partial charge on any atom is 0.154 e. The first-order valence-corrected chi connectivity index (χ1v) is 7.08. The standard InChI is InChI=1S/C11H11ClO3S/c1-2-16(13,14)7-8-6-15-11-9(8)4-3-5-10(11)12/h3-6H,2,7H2,1H3. The molecule has 0 radical (unpaired) electrons. The summed E-state index contributed by atoms with van der Waals surface area (Å²) in [5.74, 6) is 0.122. The van der Waals surface area contributed by atoms with E-state index in [-0.39, 0.29) is 11.5 Å². The minimum atomic E-state index is -3.05. The van der Waals surface area contributed by atoms with E-state index in [9.17, 15) is 8.42 Å². The molecule has 1 heterocycles. The number of rotatable bonds is 3. The van der Waals surface area contributed by atoms with Crippen molar-refractivity contribution in [3.05, 3.63) is 35.0 Å². The van der Waals surface area contributed by atoms with Gasteiger partial charge in [0.15, 0.2) is 15.4 Å². The van der Waals surface area contributed by atoms with Crippen LogP contribution in [-0.2, 0) is 15.6 Å². The molecule has 86 valence electrons. The van der Waals surface area contributed by atoms with Crippen LogP contribution in [0.25, 0.3) is 11.0 Å². The molecule has 0 spiro atoms. The van der Waals surface area contributed by atoms with Crippen LogP contribution in [0.5, 0.6) is 0 Å². The predicted molar refractivity (Wildman–Crippen MR) is 64.4 cm³/mol. The largest absolute Gasteiger partial charge is 0.462 e. The first kappa shape index (κ1) is 11.5. The van der Waals surface area contributed by atoms with Crippen molar-refractivity contribution in [1.29, 1.82) is 0 Å². The molecule has 3 nitrogen and oxygen atoms in total. The summed E-state index contributed by atoms with van der Waals surface area (Å²) in [7, 11) is -3.05. The van der Waals surface area contributed by atoms with Crippen molar-refractivity contribution in [2.24, 2.45) is 0 Å². The summed E-state index contributed by atoms with van der Waals surface area (Å²) in [5, 5.41) is 1.27. The first-order chi connectivity index (χ1) is 7.53. The summed E-state index contributed by atoms with van der Waals surface area (Å²) < 4.78 is 28.3. The number of benzene rings is 1. The third-order valence-corrected chi connectivity index (χ3v) is 4.38. The highest BCUT2D eigenvalue weighted by Gasteiger charge is 2.15. The fourth-order valence-electron chi connectivity index (χ4n) is 1.53. The number of hydrogen-bond acceptors (Lipinski definition) is 3. The molecule has 0 bridgehead atoms. The Morgan fingerprint density at radius 1 is 1.38 bits per heavy atom. The average Bonchev–Trinajstić information content (AvgIpc) is 2.63. The molecule has 0 N–H and O–H groups in total. The molecule has 0 aliphatic heterocycles. The summed E-state index contributed by atoms with van der Waals surface area (Å²) in [6.07, 6.45) is 1.46. The van der Waals surface area contributed by atoms with Crippen molar-refractivity contribution in [1.82, 2.24) is 0 Å². The van der Waals surface area contributed by atoms with Crippen LogP contribution in [0.1, 0.15) is 12.5 Å². The zero-order valence-corrected chi connectivity index (χ0v) is 10.3. The highest BCUT2D eigenvalue weighted by molar-refractivity contribution is 7.90. The van der Waals surface area contributed by atoms with Gasteiger partial charge in [0.1, 0.15) is 0 Å². The Morgan fingerprint density at radius 3 is 2.81 bits per heavy atom. The summed E-state index contributed by atoms with van der Waals surface area (Å²) >= 11 is 5.93. The lowest BCUT2D eigenvalue weighted by molar-refractivity contribution is 0.592. The Hall–Kier alpha value is -1.00. The zero-order valence-electron chi connectivity index (χ0n) is 8.73. The number of sulfone groups is 1. The van der Waals surface area contributed by atoms with Crippen molar-refractivity contribution in [3.8, 4) is 0 Å². The number of hydrogen-bond donors (Lipinski definition) is 0. The van der Waals surface area contributed by atoms with E-state index >= 15 is 0 Å². The van der Waals surface area contributed by atoms with E-state index in [1.54, 1.807) is 19.1 Å². The van der Waals surface area contributed by atoms with Gasteiger partial charge in [-0.3, -0.25) is 0 Å². The number of fused-ring (bicyclic) bond motifs is 1. The fraction of sp³-hybridized carbons (Fsp3) is 0.273. The summed E-state index contributed by atoms with van der Waals surface area (Å²) in [5.41, 5.74) is 1.21. The Bertz CT molecular complexity index is 613. The zero-order chi connectivity index (χ0) is 11.8. The van der Waals surface area contributed by atoms with Crippen LogP contribution in [0.15, 0.2) is 28.9 Å². The topological polar surface area (TPSA) is 47.3 Å². The van der Waals surface area contributed by atoms with Crippen molar-refractivity contribution in [3.63, 3.8) is 0 Å². The molecule has 16 heavy (non-hydrogen) atoms. The van der Waals surface area contributed by atoms with Gasteiger partial charge in [0.25, 0.3) is 0 Å². The molecular weight excluding hydrogens is 248 g/mol. The second-order valence-electron chi connectivity index (χ2n) is 3.55. The van der Waals surface area contributed by atoms with Crippen LogP contribution >= 0.6 is 11.6 Å². The highest BCUT2D eigenvalue weighted by Crippen LogP contribution is 2.28. The predicted octanol–water partition coefficient (Wildman–Crippen LogP) is 3.02. The highest BCUT2D eigenvalue weighted by atomic mass is 35.5. The third kappa shape index (κ3) is 2.08. The fourth-order valence-corrected chi connectivity index (χ4v) is 2.65. The van der Waals surface area contributed by atoms with Crippen LogP contribution in [0.4, 0.5) is 0 Å². The number of furan rings is 1. The molecule has 1 aromatic heterocycles. The molecule has 0 saturated heterocycles. The molecule has 0 aliphatic carbocycles.